The molecule has 7 rings (SSSR count). The Morgan fingerprint density at radius 1 is 0.617 bits per heavy atom. The van der Waals surface area contributed by atoms with Gasteiger partial charge in [-0.2, -0.15) is 42.0 Å². The van der Waals surface area contributed by atoms with Crippen LogP contribution >= 0.6 is 11.8 Å². The van der Waals surface area contributed by atoms with Crippen molar-refractivity contribution in [2.24, 2.45) is 0 Å². The second-order valence-electron chi connectivity index (χ2n) is 14.0. The van der Waals surface area contributed by atoms with Crippen LogP contribution in [0.15, 0.2) is 125 Å². The van der Waals surface area contributed by atoms with E-state index >= 15 is 0 Å². The fourth-order valence-electron chi connectivity index (χ4n) is 5.82. The van der Waals surface area contributed by atoms with E-state index < -0.39 is 0 Å². The monoisotopic (exact) mass is 810 g/mol. The van der Waals surface area contributed by atoms with Gasteiger partial charge in [0.05, 0.1) is 5.03 Å². The number of benzene rings is 5. The van der Waals surface area contributed by atoms with Crippen molar-refractivity contribution in [1.29, 1.82) is 0 Å². The Balaban J connectivity index is 0.00000386. The number of hydrogen-bond donors (Lipinski definition) is 0. The van der Waals surface area contributed by atoms with Crippen LogP contribution in [0.1, 0.15) is 52.7 Å². The van der Waals surface area contributed by atoms with Gasteiger partial charge in [0, 0.05) is 5.69 Å². The van der Waals surface area contributed by atoms with Crippen LogP contribution in [-0.2, 0) is 33.2 Å². The molecule has 0 N–H and O–H groups in total. The molecule has 236 valence electrons. The van der Waals surface area contributed by atoms with Crippen molar-refractivity contribution in [3.8, 4) is 33.5 Å². The van der Waals surface area contributed by atoms with Gasteiger partial charge in [-0.15, -0.1) is 28.7 Å². The Morgan fingerprint density at radius 2 is 1.34 bits per heavy atom. The summed E-state index contributed by atoms with van der Waals surface area (Å²) in [7, 11) is 0. The van der Waals surface area contributed by atoms with Crippen LogP contribution in [0.2, 0.25) is 0 Å². The van der Waals surface area contributed by atoms with Crippen molar-refractivity contribution in [1.82, 2.24) is 9.97 Å². The van der Waals surface area contributed by atoms with Gasteiger partial charge in [-0.05, 0) is 55.3 Å². The number of nitrogens with zero attached hydrogens (tertiary/aromatic N) is 2. The van der Waals surface area contributed by atoms with Gasteiger partial charge in [-0.1, -0.05) is 126 Å². The van der Waals surface area contributed by atoms with E-state index in [0.717, 1.165) is 54.5 Å². The first-order valence-electron chi connectivity index (χ1n) is 15.8. The van der Waals surface area contributed by atoms with Gasteiger partial charge in [0.25, 0.3) is 0 Å². The third-order valence-electron chi connectivity index (χ3n) is 8.52. The van der Waals surface area contributed by atoms with Crippen molar-refractivity contribution in [2.45, 2.75) is 62.3 Å². The van der Waals surface area contributed by atoms with E-state index in [-0.39, 0.29) is 33.2 Å². The Bertz CT molecular complexity index is 2130. The molecule has 0 radical (unpaired) electrons. The molecule has 47 heavy (non-hydrogen) atoms. The summed E-state index contributed by atoms with van der Waals surface area (Å²) in [4.78, 5) is 11.5. The van der Waals surface area contributed by atoms with E-state index in [1.807, 2.05) is 24.3 Å². The molecule has 0 aliphatic carbocycles. The second kappa shape index (κ2) is 13.0. The maximum Gasteiger partial charge on any atom is 3.00 e. The van der Waals surface area contributed by atoms with E-state index in [1.165, 1.54) is 21.9 Å². The van der Waals surface area contributed by atoms with E-state index in [0.29, 0.717) is 0 Å². The molecule has 0 fully saturated rings. The fourth-order valence-corrected chi connectivity index (χ4v) is 6.78. The number of pyridine rings is 1. The minimum atomic E-state index is -0.0122. The summed E-state index contributed by atoms with van der Waals surface area (Å²) in [5, 5.41) is 3.35. The van der Waals surface area contributed by atoms with Crippen LogP contribution in [0.25, 0.3) is 55.3 Å². The van der Waals surface area contributed by atoms with Gasteiger partial charge in [-0.25, -0.2) is 5.56 Å². The molecule has 7 aromatic rings. The van der Waals surface area contributed by atoms with Crippen molar-refractivity contribution < 1.29 is 22.4 Å². The maximum atomic E-state index is 5.20. The number of rotatable bonds is 5. The average Bonchev–Trinajstić information content (AvgIpc) is 3.43. The summed E-state index contributed by atoms with van der Waals surface area (Å²) in [6.45, 7) is 13.6. The molecule has 0 spiro atoms. The number of aromatic nitrogens is 2. The molecule has 0 aliphatic heterocycles. The molecule has 0 atom stereocenters. The molecule has 5 aromatic carbocycles. The zero-order valence-electron chi connectivity index (χ0n) is 27.6. The zero-order chi connectivity index (χ0) is 32.1. The van der Waals surface area contributed by atoms with Gasteiger partial charge < -0.3 is 4.98 Å². The summed E-state index contributed by atoms with van der Waals surface area (Å²) >= 11 is 1.69. The molecule has 2 heterocycles. The maximum absolute atomic E-state index is 5.20. The fraction of sp³-hybridized carbons (Fsp3) is 0.186. The van der Waals surface area contributed by atoms with Crippen LogP contribution in [0.5, 0.6) is 0 Å². The summed E-state index contributed by atoms with van der Waals surface area (Å²) in [6.07, 6.45) is 0. The molecule has 0 amide bonds. The molecular weight excluding hydrogens is 774 g/mol. The molecule has 0 bridgehead atoms. The first-order chi connectivity index (χ1) is 22.0. The van der Waals surface area contributed by atoms with Crippen molar-refractivity contribution in [3.63, 3.8) is 0 Å². The summed E-state index contributed by atoms with van der Waals surface area (Å²) in [5.41, 5.74) is 10.9. The normalized spacial score (nSPS) is 12.0. The van der Waals surface area contributed by atoms with Gasteiger partial charge in [-0.3, -0.25) is 4.98 Å². The standard InChI is InChI=1S/C43H37N2S.Au/c1-42(2,3)33-20-21-38-35(25-33)36-26-34(43(4,5)6)27-39(41(36)45-38)46-40-19-13-18-37(44-40)32-23-30(28-14-9-7-10-15-28)22-31(24-32)29-16-11-8-12-17-29;/h7-16,18-23,25-27H,1-6H3;/q-3;+3. The quantitative estimate of drug-likeness (QED) is 0.128. The van der Waals surface area contributed by atoms with E-state index in [2.05, 4.69) is 145 Å². The second-order valence-corrected chi connectivity index (χ2v) is 15.1. The number of fused-ring (bicyclic) bond motifs is 3. The minimum Gasteiger partial charge on any atom is -0.656 e. The molecule has 0 aliphatic rings. The Hall–Kier alpha value is -3.86. The minimum absolute atomic E-state index is 0. The summed E-state index contributed by atoms with van der Waals surface area (Å²) in [6, 6.07) is 47.6. The third kappa shape index (κ3) is 6.91. The number of hydrogen-bond acceptors (Lipinski definition) is 2. The van der Waals surface area contributed by atoms with Crippen LogP contribution < -0.4 is 4.98 Å². The first kappa shape index (κ1) is 33.1. The predicted octanol–water partition coefficient (Wildman–Crippen LogP) is 11.7. The summed E-state index contributed by atoms with van der Waals surface area (Å²) < 4.78 is 0. The van der Waals surface area contributed by atoms with Crippen molar-refractivity contribution in [3.05, 3.63) is 139 Å². The molecule has 2 aromatic heterocycles. The van der Waals surface area contributed by atoms with E-state index in [9.17, 15) is 0 Å². The van der Waals surface area contributed by atoms with Gasteiger partial charge >= 0.3 is 22.4 Å². The van der Waals surface area contributed by atoms with Gasteiger partial charge in [0.2, 0.25) is 0 Å². The third-order valence-corrected chi connectivity index (χ3v) is 9.48. The topological polar surface area (TPSA) is 27.0 Å². The first-order valence-corrected chi connectivity index (χ1v) is 16.6. The van der Waals surface area contributed by atoms with Gasteiger partial charge in [0.15, 0.2) is 0 Å². The van der Waals surface area contributed by atoms with E-state index in [1.54, 1.807) is 11.8 Å². The van der Waals surface area contributed by atoms with E-state index in [4.69, 9.17) is 9.97 Å². The molecule has 2 nitrogen and oxygen atoms in total. The summed E-state index contributed by atoms with van der Waals surface area (Å²) in [5.74, 6) is 0. The SMILES string of the molecule is CC(C)(C)c1ccc2[n-]c3c(Sc4cccc(-c5[c-]c(-c6[c-]cccc6)cc(-c6ccccc6)c5)n4)cc(C(C)(C)C)cc3c2c1.[Au+3]. The van der Waals surface area contributed by atoms with Crippen LogP contribution in [0.3, 0.4) is 0 Å². The Labute approximate surface area is 298 Å². The average molecular weight is 811 g/mol. The van der Waals surface area contributed by atoms with Crippen molar-refractivity contribution in [2.75, 3.05) is 0 Å². The largest absolute Gasteiger partial charge is 3.00 e. The molecule has 0 saturated heterocycles. The zero-order valence-corrected chi connectivity index (χ0v) is 30.6. The molecule has 0 unspecified atom stereocenters. The van der Waals surface area contributed by atoms with Gasteiger partial charge in [0.1, 0.15) is 0 Å². The smallest absolute Gasteiger partial charge is 0.656 e. The molecular formula is C43H37AuN2S. The van der Waals surface area contributed by atoms with Crippen LogP contribution in [0, 0.1) is 12.1 Å². The van der Waals surface area contributed by atoms with Crippen LogP contribution in [-0.4, -0.2) is 4.98 Å². The Kier molecular flexibility index (Phi) is 9.13. The van der Waals surface area contributed by atoms with Crippen molar-refractivity contribution >= 4 is 33.6 Å². The molecule has 4 heteroatoms. The Morgan fingerprint density at radius 3 is 2.06 bits per heavy atom. The van der Waals surface area contributed by atoms with Crippen LogP contribution in [0.4, 0.5) is 0 Å². The molecule has 0 saturated carbocycles. The predicted molar refractivity (Wildman–Crippen MR) is 195 cm³/mol.